The fraction of sp³-hybridized carbons (Fsp3) is 0.273. The van der Waals surface area contributed by atoms with Crippen molar-refractivity contribution < 1.29 is 14.4 Å². The quantitative estimate of drug-likeness (QED) is 0.631. The maximum Gasteiger partial charge on any atom is 0.295 e. The molecule has 3 aromatic rings. The van der Waals surface area contributed by atoms with Crippen LogP contribution in [0, 0.1) is 6.92 Å². The van der Waals surface area contributed by atoms with E-state index in [1.54, 1.807) is 23.5 Å². The lowest BCUT2D eigenvalue weighted by Crippen LogP contribution is -3.08. The van der Waals surface area contributed by atoms with Crippen molar-refractivity contribution in [2.45, 2.75) is 13.5 Å². The van der Waals surface area contributed by atoms with Crippen molar-refractivity contribution in [3.63, 3.8) is 0 Å². The number of nitrogens with one attached hydrogen (secondary N) is 2. The zero-order valence-corrected chi connectivity index (χ0v) is 17.2. The van der Waals surface area contributed by atoms with E-state index in [4.69, 9.17) is 4.74 Å². The van der Waals surface area contributed by atoms with Gasteiger partial charge < -0.3 is 15.0 Å². The summed E-state index contributed by atoms with van der Waals surface area (Å²) in [5.74, 6) is 0.611. The van der Waals surface area contributed by atoms with E-state index in [-0.39, 0.29) is 18.0 Å². The highest BCUT2D eigenvalue weighted by atomic mass is 16.5. The monoisotopic (exact) mass is 395 g/mol. The molecule has 29 heavy (non-hydrogen) atoms. The molecule has 7 heteroatoms. The van der Waals surface area contributed by atoms with E-state index >= 15 is 0 Å². The maximum absolute atomic E-state index is 12.9. The van der Waals surface area contributed by atoms with Crippen LogP contribution in [0.4, 0.5) is 5.69 Å². The van der Waals surface area contributed by atoms with E-state index < -0.39 is 0 Å². The summed E-state index contributed by atoms with van der Waals surface area (Å²) in [7, 11) is 5.39. The molecule has 7 nitrogen and oxygen atoms in total. The van der Waals surface area contributed by atoms with Crippen molar-refractivity contribution in [3.8, 4) is 11.4 Å². The Labute approximate surface area is 170 Å². The molecule has 0 saturated carbocycles. The molecule has 0 spiro atoms. The first-order valence-electron chi connectivity index (χ1n) is 9.48. The molecule has 0 radical (unpaired) electrons. The number of methoxy groups -OCH3 is 1. The predicted molar refractivity (Wildman–Crippen MR) is 113 cm³/mol. The van der Waals surface area contributed by atoms with E-state index in [0.29, 0.717) is 17.9 Å². The second kappa shape index (κ2) is 8.79. The van der Waals surface area contributed by atoms with Gasteiger partial charge in [0, 0.05) is 12.6 Å². The minimum absolute atomic E-state index is 0.193. The molecule has 1 amide bonds. The smallest absolute Gasteiger partial charge is 0.295 e. The first-order valence-corrected chi connectivity index (χ1v) is 9.48. The van der Waals surface area contributed by atoms with Crippen molar-refractivity contribution in [1.29, 1.82) is 0 Å². The van der Waals surface area contributed by atoms with Gasteiger partial charge in [-0.15, -0.1) is 0 Å². The number of likely N-dealkylation sites (N-methyl/N-ethyl adjacent to an activating group) is 1. The summed E-state index contributed by atoms with van der Waals surface area (Å²) in [6.07, 6.45) is 0. The van der Waals surface area contributed by atoms with Crippen LogP contribution in [0.25, 0.3) is 5.69 Å². The van der Waals surface area contributed by atoms with Gasteiger partial charge in [-0.05, 0) is 43.3 Å². The Morgan fingerprint density at radius 3 is 2.38 bits per heavy atom. The van der Waals surface area contributed by atoms with Crippen LogP contribution in [0.3, 0.4) is 0 Å². The van der Waals surface area contributed by atoms with Gasteiger partial charge in [-0.1, -0.05) is 18.2 Å². The van der Waals surface area contributed by atoms with Gasteiger partial charge in [0.25, 0.3) is 11.5 Å². The van der Waals surface area contributed by atoms with E-state index in [0.717, 1.165) is 21.9 Å². The predicted octanol–water partition coefficient (Wildman–Crippen LogP) is 1.15. The SMILES string of the molecule is COc1ccc(C[NH+](C)CC(=O)Nc2c(C)n(C)n(-c3ccccc3)c2=O)cc1. The highest BCUT2D eigenvalue weighted by Crippen LogP contribution is 2.14. The minimum atomic E-state index is -0.239. The summed E-state index contributed by atoms with van der Waals surface area (Å²) in [6.45, 7) is 2.77. The van der Waals surface area contributed by atoms with Gasteiger partial charge in [0.2, 0.25) is 0 Å². The minimum Gasteiger partial charge on any atom is -0.497 e. The molecule has 0 saturated heterocycles. The van der Waals surface area contributed by atoms with Crippen LogP contribution in [0.1, 0.15) is 11.3 Å². The number of hydrogen-bond acceptors (Lipinski definition) is 3. The molecule has 0 fully saturated rings. The highest BCUT2D eigenvalue weighted by Gasteiger charge is 2.19. The van der Waals surface area contributed by atoms with E-state index in [1.165, 1.54) is 0 Å². The van der Waals surface area contributed by atoms with Gasteiger partial charge in [0.1, 0.15) is 18.0 Å². The van der Waals surface area contributed by atoms with E-state index in [2.05, 4.69) is 5.32 Å². The summed E-state index contributed by atoms with van der Waals surface area (Å²) >= 11 is 0. The average Bonchev–Trinajstić information content (AvgIpc) is 2.92. The van der Waals surface area contributed by atoms with Crippen LogP contribution in [0.5, 0.6) is 5.75 Å². The number of carbonyl (C=O) groups is 1. The van der Waals surface area contributed by atoms with Crippen molar-refractivity contribution in [2.75, 3.05) is 26.0 Å². The standard InChI is InChI=1S/C22H26N4O3/c1-16-21(22(28)26(25(16)3)18-8-6-5-7-9-18)23-20(27)15-24(2)14-17-10-12-19(29-4)13-11-17/h5-13H,14-15H2,1-4H3,(H,23,27)/p+1. The molecule has 1 heterocycles. The highest BCUT2D eigenvalue weighted by molar-refractivity contribution is 5.91. The molecule has 1 aromatic heterocycles. The summed E-state index contributed by atoms with van der Waals surface area (Å²) in [6, 6.07) is 17.1. The van der Waals surface area contributed by atoms with Gasteiger partial charge in [0.15, 0.2) is 6.54 Å². The van der Waals surface area contributed by atoms with Crippen LogP contribution >= 0.6 is 0 Å². The van der Waals surface area contributed by atoms with E-state index in [1.807, 2.05) is 68.6 Å². The number of nitrogens with zero attached hydrogens (tertiary/aromatic N) is 2. The maximum atomic E-state index is 12.9. The second-order valence-corrected chi connectivity index (χ2v) is 7.14. The molecule has 1 unspecified atom stereocenters. The molecule has 3 rings (SSSR count). The normalized spacial score (nSPS) is 11.9. The molecule has 0 bridgehead atoms. The number of ether oxygens (including phenoxy) is 1. The number of benzene rings is 2. The molecular formula is C22H27N4O3+. The Kier molecular flexibility index (Phi) is 6.19. The lowest BCUT2D eigenvalue weighted by molar-refractivity contribution is -0.885. The fourth-order valence-electron chi connectivity index (χ4n) is 3.32. The lowest BCUT2D eigenvalue weighted by atomic mass is 10.2. The molecule has 1 atom stereocenters. The lowest BCUT2D eigenvalue weighted by Gasteiger charge is -2.14. The topological polar surface area (TPSA) is 69.7 Å². The summed E-state index contributed by atoms with van der Waals surface area (Å²) in [5, 5.41) is 2.81. The fourth-order valence-corrected chi connectivity index (χ4v) is 3.32. The largest absolute Gasteiger partial charge is 0.497 e. The van der Waals surface area contributed by atoms with Crippen LogP contribution in [0.2, 0.25) is 0 Å². The van der Waals surface area contributed by atoms with Crippen molar-refractivity contribution in [1.82, 2.24) is 9.36 Å². The third-order valence-electron chi connectivity index (χ3n) is 4.95. The number of carbonyl (C=O) groups excluding carboxylic acids is 1. The van der Waals surface area contributed by atoms with Crippen LogP contribution < -0.4 is 20.5 Å². The first kappa shape index (κ1) is 20.4. The average molecular weight is 395 g/mol. The second-order valence-electron chi connectivity index (χ2n) is 7.14. The zero-order chi connectivity index (χ0) is 21.0. The Morgan fingerprint density at radius 2 is 1.76 bits per heavy atom. The summed E-state index contributed by atoms with van der Waals surface area (Å²) in [4.78, 5) is 26.5. The number of hydrogen-bond donors (Lipinski definition) is 2. The third kappa shape index (κ3) is 4.57. The summed E-state index contributed by atoms with van der Waals surface area (Å²) in [5.41, 5.74) is 2.65. The molecule has 0 aliphatic carbocycles. The Balaban J connectivity index is 1.69. The van der Waals surface area contributed by atoms with Crippen molar-refractivity contribution >= 4 is 11.6 Å². The third-order valence-corrected chi connectivity index (χ3v) is 4.95. The number of para-hydroxylation sites is 1. The van der Waals surface area contributed by atoms with Gasteiger partial charge in [0.05, 0.1) is 25.5 Å². The molecular weight excluding hydrogens is 368 g/mol. The van der Waals surface area contributed by atoms with Gasteiger partial charge in [-0.2, -0.15) is 0 Å². The van der Waals surface area contributed by atoms with E-state index in [9.17, 15) is 9.59 Å². The zero-order valence-electron chi connectivity index (χ0n) is 17.2. The van der Waals surface area contributed by atoms with Crippen molar-refractivity contribution in [2.24, 2.45) is 7.05 Å². The Morgan fingerprint density at radius 1 is 1.10 bits per heavy atom. The Hall–Kier alpha value is -3.32. The summed E-state index contributed by atoms with van der Waals surface area (Å²) < 4.78 is 8.47. The number of aromatic nitrogens is 2. The molecule has 2 aromatic carbocycles. The van der Waals surface area contributed by atoms with Crippen LogP contribution in [-0.2, 0) is 18.4 Å². The number of quaternary nitrogens is 1. The van der Waals surface area contributed by atoms with Crippen LogP contribution in [-0.4, -0.2) is 36.0 Å². The molecule has 0 aliphatic rings. The number of anilines is 1. The number of rotatable bonds is 7. The Bertz CT molecular complexity index is 1040. The van der Waals surface area contributed by atoms with Crippen molar-refractivity contribution in [3.05, 3.63) is 76.2 Å². The van der Waals surface area contributed by atoms with Gasteiger partial charge in [-0.25, -0.2) is 4.68 Å². The molecule has 2 N–H and O–H groups in total. The number of amides is 1. The first-order chi connectivity index (χ1) is 13.9. The van der Waals surface area contributed by atoms with Gasteiger partial charge >= 0.3 is 0 Å². The van der Waals surface area contributed by atoms with Crippen LogP contribution in [0.15, 0.2) is 59.4 Å². The molecule has 0 aliphatic heterocycles. The van der Waals surface area contributed by atoms with Gasteiger partial charge in [-0.3, -0.25) is 14.3 Å². The molecule has 152 valence electrons.